The molecule has 0 spiro atoms. The molecule has 0 atom stereocenters. The number of nitrogens with one attached hydrogen (secondary N) is 1. The zero-order chi connectivity index (χ0) is 20.2. The van der Waals surface area contributed by atoms with E-state index in [0.29, 0.717) is 45.7 Å². The fourth-order valence-electron chi connectivity index (χ4n) is 4.10. The molecule has 0 unspecified atom stereocenters. The summed E-state index contributed by atoms with van der Waals surface area (Å²) in [5.41, 5.74) is 1.15. The van der Waals surface area contributed by atoms with Gasteiger partial charge in [-0.3, -0.25) is 4.79 Å². The first-order valence-electron chi connectivity index (χ1n) is 9.94. The van der Waals surface area contributed by atoms with Crippen molar-refractivity contribution < 1.29 is 17.9 Å². The summed E-state index contributed by atoms with van der Waals surface area (Å²) in [7, 11) is -0.338. The van der Waals surface area contributed by atoms with Crippen LogP contribution in [0.5, 0.6) is 0 Å². The van der Waals surface area contributed by atoms with Gasteiger partial charge < -0.3 is 10.1 Å². The lowest BCUT2D eigenvalue weighted by molar-refractivity contribution is -0.126. The Hall–Kier alpha value is -1.48. The fourth-order valence-corrected chi connectivity index (χ4v) is 5.24. The minimum absolute atomic E-state index is 0.0312. The number of piperidine rings is 1. The second kappa shape index (κ2) is 8.90. The van der Waals surface area contributed by atoms with Crippen LogP contribution in [0.4, 0.5) is 0 Å². The summed E-state index contributed by atoms with van der Waals surface area (Å²) in [6.45, 7) is 2.76. The zero-order valence-electron chi connectivity index (χ0n) is 16.8. The van der Waals surface area contributed by atoms with Gasteiger partial charge in [0.25, 0.3) is 10.2 Å². The molecule has 1 N–H and O–H groups in total. The van der Waals surface area contributed by atoms with E-state index in [2.05, 4.69) is 17.4 Å². The smallest absolute Gasteiger partial charge is 0.281 e. The Morgan fingerprint density at radius 1 is 1.18 bits per heavy atom. The third-order valence-electron chi connectivity index (χ3n) is 6.05. The van der Waals surface area contributed by atoms with Crippen LogP contribution in [0.25, 0.3) is 0 Å². The van der Waals surface area contributed by atoms with Crippen LogP contribution in [0.1, 0.15) is 31.2 Å². The highest BCUT2D eigenvalue weighted by atomic mass is 32.2. The van der Waals surface area contributed by atoms with E-state index in [1.54, 1.807) is 0 Å². The van der Waals surface area contributed by atoms with Crippen LogP contribution in [0, 0.1) is 5.92 Å². The predicted molar refractivity (Wildman–Crippen MR) is 108 cm³/mol. The van der Waals surface area contributed by atoms with Gasteiger partial charge >= 0.3 is 0 Å². The Labute approximate surface area is 168 Å². The predicted octanol–water partition coefficient (Wildman–Crippen LogP) is 1.37. The highest BCUT2D eigenvalue weighted by molar-refractivity contribution is 7.86. The SMILES string of the molecule is CN(C)S(=O)(=O)N1CCC(C(=O)NCC2(c3ccccc3)CCOCC2)CC1. The van der Waals surface area contributed by atoms with Gasteiger partial charge in [-0.2, -0.15) is 17.0 Å². The maximum Gasteiger partial charge on any atom is 0.281 e. The summed E-state index contributed by atoms with van der Waals surface area (Å²) in [5.74, 6) is -0.107. The third-order valence-corrected chi connectivity index (χ3v) is 7.99. The highest BCUT2D eigenvalue weighted by Gasteiger charge is 2.36. The van der Waals surface area contributed by atoms with Gasteiger partial charge in [0.15, 0.2) is 0 Å². The molecule has 0 bridgehead atoms. The Kier molecular flexibility index (Phi) is 6.75. The second-order valence-corrected chi connectivity index (χ2v) is 10.1. The van der Waals surface area contributed by atoms with Crippen molar-refractivity contribution in [2.24, 2.45) is 5.92 Å². The van der Waals surface area contributed by atoms with Crippen molar-refractivity contribution in [3.05, 3.63) is 35.9 Å². The molecule has 0 aliphatic carbocycles. The third kappa shape index (κ3) is 4.56. The van der Waals surface area contributed by atoms with E-state index in [-0.39, 0.29) is 17.2 Å². The van der Waals surface area contributed by atoms with E-state index in [9.17, 15) is 13.2 Å². The van der Waals surface area contributed by atoms with Gasteiger partial charge in [-0.05, 0) is 31.2 Å². The molecule has 0 aromatic heterocycles. The fraction of sp³-hybridized carbons (Fsp3) is 0.650. The van der Waals surface area contributed by atoms with E-state index in [4.69, 9.17) is 4.74 Å². The van der Waals surface area contributed by atoms with Crippen molar-refractivity contribution >= 4 is 16.1 Å². The van der Waals surface area contributed by atoms with E-state index in [1.807, 2.05) is 18.2 Å². The average molecular weight is 410 g/mol. The van der Waals surface area contributed by atoms with Crippen LogP contribution in [-0.2, 0) is 25.2 Å². The Morgan fingerprint density at radius 2 is 1.79 bits per heavy atom. The monoisotopic (exact) mass is 409 g/mol. The van der Waals surface area contributed by atoms with Gasteiger partial charge in [0.2, 0.25) is 5.91 Å². The van der Waals surface area contributed by atoms with Crippen molar-refractivity contribution in [2.75, 3.05) is 46.9 Å². The van der Waals surface area contributed by atoms with Gasteiger partial charge in [-0.25, -0.2) is 0 Å². The van der Waals surface area contributed by atoms with Crippen molar-refractivity contribution in [1.29, 1.82) is 0 Å². The quantitative estimate of drug-likeness (QED) is 0.770. The number of nitrogens with zero attached hydrogens (tertiary/aromatic N) is 2. The molecule has 2 heterocycles. The number of ether oxygens (including phenoxy) is 1. The molecule has 3 rings (SSSR count). The molecule has 2 saturated heterocycles. The Balaban J connectivity index is 1.59. The molecule has 156 valence electrons. The van der Waals surface area contributed by atoms with Crippen LogP contribution in [-0.4, -0.2) is 69.9 Å². The zero-order valence-corrected chi connectivity index (χ0v) is 17.6. The van der Waals surface area contributed by atoms with Gasteiger partial charge in [-0.1, -0.05) is 30.3 Å². The molecule has 2 fully saturated rings. The average Bonchev–Trinajstić information content (AvgIpc) is 2.73. The number of benzene rings is 1. The van der Waals surface area contributed by atoms with Gasteiger partial charge in [0.1, 0.15) is 0 Å². The molecule has 2 aliphatic heterocycles. The minimum Gasteiger partial charge on any atom is -0.381 e. The van der Waals surface area contributed by atoms with Crippen molar-refractivity contribution in [2.45, 2.75) is 31.1 Å². The lowest BCUT2D eigenvalue weighted by Crippen LogP contribution is -2.49. The summed E-state index contributed by atoms with van der Waals surface area (Å²) in [4.78, 5) is 12.8. The van der Waals surface area contributed by atoms with E-state index >= 15 is 0 Å². The first kappa shape index (κ1) is 21.2. The van der Waals surface area contributed by atoms with E-state index in [0.717, 1.165) is 12.8 Å². The van der Waals surface area contributed by atoms with Crippen LogP contribution in [0.15, 0.2) is 30.3 Å². The largest absolute Gasteiger partial charge is 0.381 e. The molecule has 0 radical (unpaired) electrons. The lowest BCUT2D eigenvalue weighted by atomic mass is 9.74. The van der Waals surface area contributed by atoms with Crippen molar-refractivity contribution in [3.63, 3.8) is 0 Å². The first-order valence-corrected chi connectivity index (χ1v) is 11.3. The molecule has 7 nitrogen and oxygen atoms in total. The maximum atomic E-state index is 12.8. The molecule has 0 saturated carbocycles. The topological polar surface area (TPSA) is 79.0 Å². The molecule has 1 amide bonds. The molecule has 1 aromatic carbocycles. The lowest BCUT2D eigenvalue weighted by Gasteiger charge is -2.38. The molecular weight excluding hydrogens is 378 g/mol. The molecule has 1 aromatic rings. The number of hydrogen-bond donors (Lipinski definition) is 1. The molecule has 28 heavy (non-hydrogen) atoms. The van der Waals surface area contributed by atoms with Crippen LogP contribution in [0.2, 0.25) is 0 Å². The van der Waals surface area contributed by atoms with Crippen LogP contribution < -0.4 is 5.32 Å². The maximum absolute atomic E-state index is 12.8. The van der Waals surface area contributed by atoms with Gasteiger partial charge in [0.05, 0.1) is 0 Å². The summed E-state index contributed by atoms with van der Waals surface area (Å²) in [5, 5.41) is 3.16. The van der Waals surface area contributed by atoms with Crippen molar-refractivity contribution in [1.82, 2.24) is 13.9 Å². The Morgan fingerprint density at radius 3 is 2.36 bits per heavy atom. The second-order valence-electron chi connectivity index (χ2n) is 7.94. The highest BCUT2D eigenvalue weighted by Crippen LogP contribution is 2.34. The first-order chi connectivity index (χ1) is 13.3. The standard InChI is InChI=1S/C20H31N3O4S/c1-22(2)28(25,26)23-12-8-17(9-13-23)19(24)21-16-20(10-14-27-15-11-20)18-6-4-3-5-7-18/h3-7,17H,8-16H2,1-2H3,(H,21,24). The summed E-state index contributed by atoms with van der Waals surface area (Å²) < 4.78 is 32.7. The molecular formula is C20H31N3O4S. The normalized spacial score (nSPS) is 21.5. The Bertz CT molecular complexity index is 753. The van der Waals surface area contributed by atoms with Crippen molar-refractivity contribution in [3.8, 4) is 0 Å². The van der Waals surface area contributed by atoms with Crippen LogP contribution >= 0.6 is 0 Å². The number of amides is 1. The summed E-state index contributed by atoms with van der Waals surface area (Å²) in [6, 6.07) is 10.3. The summed E-state index contributed by atoms with van der Waals surface area (Å²) in [6.07, 6.45) is 2.88. The molecule has 8 heteroatoms. The van der Waals surface area contributed by atoms with Gasteiger partial charge in [0, 0.05) is 58.3 Å². The minimum atomic E-state index is -3.40. The molecule has 2 aliphatic rings. The number of carbonyl (C=O) groups is 1. The van der Waals surface area contributed by atoms with E-state index < -0.39 is 10.2 Å². The summed E-state index contributed by atoms with van der Waals surface area (Å²) >= 11 is 0. The number of carbonyl (C=O) groups excluding carboxylic acids is 1. The van der Waals surface area contributed by atoms with E-state index in [1.165, 1.54) is 28.3 Å². The number of hydrogen-bond acceptors (Lipinski definition) is 4. The number of rotatable bonds is 6. The van der Waals surface area contributed by atoms with Crippen LogP contribution in [0.3, 0.4) is 0 Å². The van der Waals surface area contributed by atoms with Gasteiger partial charge in [-0.15, -0.1) is 0 Å².